The Balaban J connectivity index is 2.47. The van der Waals surface area contributed by atoms with Crippen LogP contribution < -0.4 is 0 Å². The minimum absolute atomic E-state index is 0.145. The lowest BCUT2D eigenvalue weighted by atomic mass is 9.76. The average Bonchev–Trinajstić information content (AvgIpc) is 2.24. The summed E-state index contributed by atoms with van der Waals surface area (Å²) in [5, 5.41) is 0. The largest absolute Gasteiger partial charge is 0.293 e. The Morgan fingerprint density at radius 2 is 1.79 bits per heavy atom. The molecule has 0 unspecified atom stereocenters. The average molecular weight is 184 g/mol. The lowest BCUT2D eigenvalue weighted by Gasteiger charge is -2.25. The van der Waals surface area contributed by atoms with Crippen LogP contribution in [0.3, 0.4) is 0 Å². The zero-order chi connectivity index (χ0) is 10.0. The third kappa shape index (κ3) is 1.31. The highest BCUT2D eigenvalue weighted by Gasteiger charge is 2.31. The van der Waals surface area contributed by atoms with Crippen LogP contribution in [0.4, 0.5) is 0 Å². The molecule has 70 valence electrons. The number of ketones is 1. The van der Waals surface area contributed by atoms with Gasteiger partial charge < -0.3 is 0 Å². The monoisotopic (exact) mass is 184 g/mol. The van der Waals surface area contributed by atoms with E-state index < -0.39 is 5.41 Å². The fourth-order valence-electron chi connectivity index (χ4n) is 1.67. The molecule has 14 heavy (non-hydrogen) atoms. The highest BCUT2D eigenvalue weighted by atomic mass is 16.1. The molecule has 1 heteroatoms. The van der Waals surface area contributed by atoms with Gasteiger partial charge in [-0.05, 0) is 18.6 Å². The van der Waals surface area contributed by atoms with Gasteiger partial charge in [-0.25, -0.2) is 0 Å². The Hall–Kier alpha value is -1.63. The number of benzene rings is 1. The fourth-order valence-corrected chi connectivity index (χ4v) is 1.67. The van der Waals surface area contributed by atoms with E-state index in [2.05, 4.69) is 0 Å². The maximum absolute atomic E-state index is 11.8. The fraction of sp³-hybridized carbons (Fsp3) is 0.154. The molecule has 0 heterocycles. The van der Waals surface area contributed by atoms with Crippen LogP contribution in [0.1, 0.15) is 12.5 Å². The van der Waals surface area contributed by atoms with E-state index in [4.69, 9.17) is 0 Å². The van der Waals surface area contributed by atoms with Crippen LogP contribution in [0, 0.1) is 0 Å². The van der Waals surface area contributed by atoms with Gasteiger partial charge in [0.05, 0.1) is 5.41 Å². The summed E-state index contributed by atoms with van der Waals surface area (Å²) in [5.74, 6) is 0.145. The summed E-state index contributed by atoms with van der Waals surface area (Å²) in [7, 11) is 0. The molecular formula is C13H12O. The van der Waals surface area contributed by atoms with Gasteiger partial charge in [-0.3, -0.25) is 4.79 Å². The van der Waals surface area contributed by atoms with E-state index in [1.165, 1.54) is 0 Å². The van der Waals surface area contributed by atoms with Gasteiger partial charge in [0.15, 0.2) is 5.78 Å². The second-order valence-corrected chi connectivity index (χ2v) is 3.65. The molecule has 1 nitrogen and oxygen atoms in total. The van der Waals surface area contributed by atoms with Crippen LogP contribution in [0.5, 0.6) is 0 Å². The van der Waals surface area contributed by atoms with Crippen LogP contribution >= 0.6 is 0 Å². The molecule has 0 saturated carbocycles. The molecule has 0 amide bonds. The molecule has 1 atom stereocenters. The van der Waals surface area contributed by atoms with Crippen molar-refractivity contribution in [3.63, 3.8) is 0 Å². The summed E-state index contributed by atoms with van der Waals surface area (Å²) >= 11 is 0. The van der Waals surface area contributed by atoms with Gasteiger partial charge in [-0.1, -0.05) is 48.6 Å². The van der Waals surface area contributed by atoms with Gasteiger partial charge in [-0.15, -0.1) is 0 Å². The Morgan fingerprint density at radius 1 is 1.07 bits per heavy atom. The Morgan fingerprint density at radius 3 is 2.43 bits per heavy atom. The third-order valence-corrected chi connectivity index (χ3v) is 2.67. The molecule has 0 bridgehead atoms. The standard InChI is InChI=1S/C13H12O/c1-13(10-6-5-9-12(13)14)11-7-3-2-4-8-11/h2-10H,1H3/t13-/m0/s1. The van der Waals surface area contributed by atoms with Crippen molar-refractivity contribution in [2.45, 2.75) is 12.3 Å². The molecule has 1 aromatic rings. The van der Waals surface area contributed by atoms with Gasteiger partial charge in [0.2, 0.25) is 0 Å². The van der Waals surface area contributed by atoms with E-state index in [9.17, 15) is 4.79 Å². The summed E-state index contributed by atoms with van der Waals surface area (Å²) in [6.45, 7) is 1.95. The van der Waals surface area contributed by atoms with E-state index in [0.717, 1.165) is 5.56 Å². The number of carbonyl (C=O) groups excluding carboxylic acids is 1. The molecule has 0 fully saturated rings. The van der Waals surface area contributed by atoms with E-state index in [-0.39, 0.29) is 5.78 Å². The van der Waals surface area contributed by atoms with Gasteiger partial charge in [0, 0.05) is 0 Å². The van der Waals surface area contributed by atoms with Crippen molar-refractivity contribution in [3.8, 4) is 0 Å². The lowest BCUT2D eigenvalue weighted by molar-refractivity contribution is -0.118. The molecular weight excluding hydrogens is 172 g/mol. The van der Waals surface area contributed by atoms with Crippen molar-refractivity contribution in [2.24, 2.45) is 0 Å². The first-order valence-corrected chi connectivity index (χ1v) is 4.69. The number of hydrogen-bond donors (Lipinski definition) is 0. The summed E-state index contributed by atoms with van der Waals surface area (Å²) in [6, 6.07) is 9.85. The van der Waals surface area contributed by atoms with Crippen LogP contribution in [0.25, 0.3) is 0 Å². The molecule has 0 saturated heterocycles. The topological polar surface area (TPSA) is 17.1 Å². The van der Waals surface area contributed by atoms with Gasteiger partial charge in [0.25, 0.3) is 0 Å². The van der Waals surface area contributed by atoms with Gasteiger partial charge in [0.1, 0.15) is 0 Å². The molecule has 2 rings (SSSR count). The van der Waals surface area contributed by atoms with E-state index in [1.54, 1.807) is 12.2 Å². The summed E-state index contributed by atoms with van der Waals surface area (Å²) in [6.07, 6.45) is 7.29. The maximum Gasteiger partial charge on any atom is 0.169 e. The van der Waals surface area contributed by atoms with Crippen molar-refractivity contribution in [3.05, 3.63) is 60.2 Å². The van der Waals surface area contributed by atoms with Crippen LogP contribution in [0.15, 0.2) is 54.6 Å². The maximum atomic E-state index is 11.8. The zero-order valence-corrected chi connectivity index (χ0v) is 8.10. The van der Waals surface area contributed by atoms with Crippen molar-refractivity contribution < 1.29 is 4.79 Å². The summed E-state index contributed by atoms with van der Waals surface area (Å²) in [4.78, 5) is 11.8. The third-order valence-electron chi connectivity index (χ3n) is 2.67. The smallest absolute Gasteiger partial charge is 0.169 e. The minimum atomic E-state index is -0.476. The highest BCUT2D eigenvalue weighted by Crippen LogP contribution is 2.28. The Kier molecular flexibility index (Phi) is 2.08. The predicted molar refractivity (Wildman–Crippen MR) is 57.1 cm³/mol. The van der Waals surface area contributed by atoms with Crippen molar-refractivity contribution >= 4 is 5.78 Å². The normalized spacial score (nSPS) is 25.4. The molecule has 0 N–H and O–H groups in total. The highest BCUT2D eigenvalue weighted by molar-refractivity contribution is 6.01. The molecule has 1 aromatic carbocycles. The first kappa shape index (κ1) is 8.95. The van der Waals surface area contributed by atoms with Crippen molar-refractivity contribution in [2.75, 3.05) is 0 Å². The van der Waals surface area contributed by atoms with Gasteiger partial charge >= 0.3 is 0 Å². The summed E-state index contributed by atoms with van der Waals surface area (Å²) < 4.78 is 0. The first-order valence-electron chi connectivity index (χ1n) is 4.69. The number of rotatable bonds is 1. The van der Waals surface area contributed by atoms with E-state index >= 15 is 0 Å². The molecule has 0 aromatic heterocycles. The van der Waals surface area contributed by atoms with E-state index in [1.807, 2.05) is 49.4 Å². The number of allylic oxidation sites excluding steroid dienone is 4. The van der Waals surface area contributed by atoms with E-state index in [0.29, 0.717) is 0 Å². The number of hydrogen-bond acceptors (Lipinski definition) is 1. The van der Waals surface area contributed by atoms with Crippen molar-refractivity contribution in [1.29, 1.82) is 0 Å². The van der Waals surface area contributed by atoms with Crippen molar-refractivity contribution in [1.82, 2.24) is 0 Å². The SMILES string of the molecule is C[C@@]1(c2ccccc2)C=CC=CC1=O. The number of carbonyl (C=O) groups is 1. The minimum Gasteiger partial charge on any atom is -0.293 e. The molecule has 0 aliphatic heterocycles. The molecule has 1 aliphatic carbocycles. The predicted octanol–water partition coefficient (Wildman–Crippen LogP) is 2.64. The van der Waals surface area contributed by atoms with Crippen LogP contribution in [-0.4, -0.2) is 5.78 Å². The summed E-state index contributed by atoms with van der Waals surface area (Å²) in [5.41, 5.74) is 0.571. The Bertz CT molecular complexity index is 401. The first-order chi connectivity index (χ1) is 6.73. The zero-order valence-electron chi connectivity index (χ0n) is 8.10. The molecule has 1 aliphatic rings. The van der Waals surface area contributed by atoms with Crippen LogP contribution in [-0.2, 0) is 10.2 Å². The Labute approximate surface area is 83.8 Å². The van der Waals surface area contributed by atoms with Crippen LogP contribution in [0.2, 0.25) is 0 Å². The quantitative estimate of drug-likeness (QED) is 0.655. The molecule has 0 spiro atoms. The van der Waals surface area contributed by atoms with Gasteiger partial charge in [-0.2, -0.15) is 0 Å². The molecule has 0 radical (unpaired) electrons. The lowest BCUT2D eigenvalue weighted by Crippen LogP contribution is -2.30. The second kappa shape index (κ2) is 3.26. The second-order valence-electron chi connectivity index (χ2n) is 3.65.